The molecule has 1 heterocycles. The molecule has 3 rings (SSSR count). The molecule has 0 aromatic heterocycles. The van der Waals surface area contributed by atoms with E-state index in [1.165, 1.54) is 11.8 Å². The molecule has 0 radical (unpaired) electrons. The molecule has 1 saturated heterocycles. The first-order chi connectivity index (χ1) is 16.1. The van der Waals surface area contributed by atoms with Crippen LogP contribution in [0.5, 0.6) is 5.75 Å². The highest BCUT2D eigenvalue weighted by atomic mass is 16.6. The maximum Gasteiger partial charge on any atom is 0.413 e. The largest absolute Gasteiger partial charge is 0.497 e. The highest BCUT2D eigenvalue weighted by Crippen LogP contribution is 2.29. The fourth-order valence-electron chi connectivity index (χ4n) is 3.51. The summed E-state index contributed by atoms with van der Waals surface area (Å²) >= 11 is 0. The van der Waals surface area contributed by atoms with Crippen molar-refractivity contribution in [2.24, 2.45) is 0 Å². The molecule has 0 spiro atoms. The summed E-state index contributed by atoms with van der Waals surface area (Å²) in [5.74, 6) is -0.296. The maximum atomic E-state index is 13.3. The van der Waals surface area contributed by atoms with Gasteiger partial charge in [-0.2, -0.15) is 0 Å². The van der Waals surface area contributed by atoms with E-state index in [1.54, 1.807) is 46.1 Å². The second-order valence-electron chi connectivity index (χ2n) is 8.88. The van der Waals surface area contributed by atoms with E-state index in [-0.39, 0.29) is 19.0 Å². The van der Waals surface area contributed by atoms with Crippen LogP contribution in [0.2, 0.25) is 0 Å². The van der Waals surface area contributed by atoms with Gasteiger partial charge in [-0.3, -0.25) is 14.5 Å². The number of hydrogen-bond acceptors (Lipinski definition) is 6. The van der Waals surface area contributed by atoms with Gasteiger partial charge in [0, 0.05) is 6.92 Å². The number of rotatable bonds is 5. The number of esters is 1. The van der Waals surface area contributed by atoms with Gasteiger partial charge in [0.2, 0.25) is 12.1 Å². The molecule has 8 nitrogen and oxygen atoms in total. The summed E-state index contributed by atoms with van der Waals surface area (Å²) < 4.78 is 16.4. The fraction of sp³-hybridized carbons (Fsp3) is 0.346. The molecule has 1 unspecified atom stereocenters. The molecular formula is C26H30N2O6. The standard InChI is InChI=1S/C26H30N2O6/c1-18(29)33-24-22(15-20-12-9-13-21(14-20)32-5)27(16-19-10-7-6-8-11-19)23(30)17-28(24)25(31)34-26(2,3)4/h6-15,24H,16-17H2,1-5H3/b22-15-. The summed E-state index contributed by atoms with van der Waals surface area (Å²) in [7, 11) is 1.56. The molecule has 0 N–H and O–H groups in total. The van der Waals surface area contributed by atoms with Crippen LogP contribution in [0.3, 0.4) is 0 Å². The molecule has 1 atom stereocenters. The molecule has 2 amide bonds. The molecule has 1 aliphatic rings. The zero-order valence-electron chi connectivity index (χ0n) is 20.1. The van der Waals surface area contributed by atoms with Crippen molar-refractivity contribution in [3.8, 4) is 5.75 Å². The molecule has 34 heavy (non-hydrogen) atoms. The van der Waals surface area contributed by atoms with Gasteiger partial charge >= 0.3 is 12.1 Å². The van der Waals surface area contributed by atoms with Gasteiger partial charge in [0.15, 0.2) is 0 Å². The molecule has 0 aliphatic carbocycles. The summed E-state index contributed by atoms with van der Waals surface area (Å²) in [5.41, 5.74) is 1.15. The summed E-state index contributed by atoms with van der Waals surface area (Å²) in [5, 5.41) is 0. The molecule has 1 fully saturated rings. The zero-order valence-corrected chi connectivity index (χ0v) is 20.1. The average Bonchev–Trinajstić information content (AvgIpc) is 2.77. The van der Waals surface area contributed by atoms with Crippen molar-refractivity contribution in [3.63, 3.8) is 0 Å². The van der Waals surface area contributed by atoms with Gasteiger partial charge in [0.05, 0.1) is 19.4 Å². The predicted molar refractivity (Wildman–Crippen MR) is 126 cm³/mol. The van der Waals surface area contributed by atoms with Gasteiger partial charge in [-0.15, -0.1) is 0 Å². The van der Waals surface area contributed by atoms with Gasteiger partial charge in [0.25, 0.3) is 0 Å². The number of hydrogen-bond donors (Lipinski definition) is 0. The zero-order chi connectivity index (χ0) is 24.9. The molecule has 8 heteroatoms. The van der Waals surface area contributed by atoms with Crippen LogP contribution in [0.1, 0.15) is 38.8 Å². The Hall–Kier alpha value is -3.81. The maximum absolute atomic E-state index is 13.3. The lowest BCUT2D eigenvalue weighted by molar-refractivity contribution is -0.162. The topological polar surface area (TPSA) is 85.4 Å². The van der Waals surface area contributed by atoms with Crippen LogP contribution in [0, 0.1) is 0 Å². The van der Waals surface area contributed by atoms with E-state index < -0.39 is 23.9 Å². The molecule has 180 valence electrons. The number of ether oxygens (including phenoxy) is 3. The fourth-order valence-corrected chi connectivity index (χ4v) is 3.51. The van der Waals surface area contributed by atoms with Crippen LogP contribution in [0.15, 0.2) is 60.3 Å². The molecule has 0 bridgehead atoms. The van der Waals surface area contributed by atoms with E-state index in [4.69, 9.17) is 14.2 Å². The minimum atomic E-state index is -1.15. The highest BCUT2D eigenvalue weighted by Gasteiger charge is 2.43. The van der Waals surface area contributed by atoms with E-state index in [2.05, 4.69) is 0 Å². The van der Waals surface area contributed by atoms with E-state index in [0.29, 0.717) is 17.0 Å². The number of piperazine rings is 1. The molecule has 2 aromatic rings. The van der Waals surface area contributed by atoms with E-state index in [1.807, 2.05) is 42.5 Å². The SMILES string of the molecule is COc1cccc(/C=C2/C(OC(C)=O)N(C(=O)OC(C)(C)C)CC(=O)N2Cc2ccccc2)c1. The minimum absolute atomic E-state index is 0.245. The van der Waals surface area contributed by atoms with Crippen LogP contribution in [-0.2, 0) is 25.6 Å². The predicted octanol–water partition coefficient (Wildman–Crippen LogP) is 4.20. The molecule has 0 saturated carbocycles. The number of methoxy groups -OCH3 is 1. The van der Waals surface area contributed by atoms with Crippen LogP contribution in [0.25, 0.3) is 6.08 Å². The Morgan fingerprint density at radius 2 is 1.79 bits per heavy atom. The van der Waals surface area contributed by atoms with Crippen molar-refractivity contribution in [2.75, 3.05) is 13.7 Å². The first-order valence-corrected chi connectivity index (χ1v) is 10.9. The Kier molecular flexibility index (Phi) is 7.61. The van der Waals surface area contributed by atoms with E-state index in [9.17, 15) is 14.4 Å². The van der Waals surface area contributed by atoms with E-state index in [0.717, 1.165) is 10.5 Å². The number of nitrogens with zero attached hydrogens (tertiary/aromatic N) is 2. The van der Waals surface area contributed by atoms with Crippen LogP contribution in [-0.4, -0.2) is 53.3 Å². The third-order valence-electron chi connectivity index (χ3n) is 4.95. The minimum Gasteiger partial charge on any atom is -0.497 e. The lowest BCUT2D eigenvalue weighted by Gasteiger charge is -2.42. The van der Waals surface area contributed by atoms with Gasteiger partial charge in [-0.05, 0) is 50.1 Å². The van der Waals surface area contributed by atoms with Crippen molar-refractivity contribution in [1.82, 2.24) is 9.80 Å². The molecule has 1 aliphatic heterocycles. The van der Waals surface area contributed by atoms with Gasteiger partial charge in [-0.25, -0.2) is 4.79 Å². The van der Waals surface area contributed by atoms with Gasteiger partial charge in [0.1, 0.15) is 17.9 Å². The van der Waals surface area contributed by atoms with Crippen LogP contribution >= 0.6 is 0 Å². The van der Waals surface area contributed by atoms with Crippen LogP contribution in [0.4, 0.5) is 4.79 Å². The lowest BCUT2D eigenvalue weighted by atomic mass is 10.1. The average molecular weight is 467 g/mol. The summed E-state index contributed by atoms with van der Waals surface area (Å²) in [6, 6.07) is 16.7. The van der Waals surface area contributed by atoms with Crippen molar-refractivity contribution in [3.05, 3.63) is 71.4 Å². The Bertz CT molecular complexity index is 1070. The smallest absolute Gasteiger partial charge is 0.413 e. The Morgan fingerprint density at radius 1 is 1.09 bits per heavy atom. The number of benzene rings is 2. The number of carbonyl (C=O) groups excluding carboxylic acids is 3. The van der Waals surface area contributed by atoms with Crippen molar-refractivity contribution < 1.29 is 28.6 Å². The first-order valence-electron chi connectivity index (χ1n) is 10.9. The second kappa shape index (κ2) is 10.4. The highest BCUT2D eigenvalue weighted by molar-refractivity contribution is 5.87. The van der Waals surface area contributed by atoms with Gasteiger partial charge in [-0.1, -0.05) is 42.5 Å². The van der Waals surface area contributed by atoms with Crippen LogP contribution < -0.4 is 4.74 Å². The summed E-state index contributed by atoms with van der Waals surface area (Å²) in [6.45, 7) is 6.39. The summed E-state index contributed by atoms with van der Waals surface area (Å²) in [4.78, 5) is 41.0. The van der Waals surface area contributed by atoms with Crippen molar-refractivity contribution in [1.29, 1.82) is 0 Å². The molecule has 2 aromatic carbocycles. The van der Waals surface area contributed by atoms with Gasteiger partial charge < -0.3 is 19.1 Å². The third kappa shape index (κ3) is 6.37. The van der Waals surface area contributed by atoms with Crippen molar-refractivity contribution >= 4 is 24.0 Å². The third-order valence-corrected chi connectivity index (χ3v) is 4.95. The first kappa shape index (κ1) is 24.8. The monoisotopic (exact) mass is 466 g/mol. The quantitative estimate of drug-likeness (QED) is 0.614. The van der Waals surface area contributed by atoms with Crippen molar-refractivity contribution in [2.45, 2.75) is 46.1 Å². The number of amides is 2. The Labute approximate surface area is 199 Å². The Balaban J connectivity index is 2.10. The Morgan fingerprint density at radius 3 is 2.41 bits per heavy atom. The number of carbonyl (C=O) groups is 3. The lowest BCUT2D eigenvalue weighted by Crippen LogP contribution is -2.58. The molecular weight excluding hydrogens is 436 g/mol. The second-order valence-corrected chi connectivity index (χ2v) is 8.88. The summed E-state index contributed by atoms with van der Waals surface area (Å²) in [6.07, 6.45) is -0.184. The normalized spacial score (nSPS) is 17.5. The van der Waals surface area contributed by atoms with E-state index >= 15 is 0 Å².